The number of aryl methyl sites for hydroxylation is 1. The number of anilines is 3. The summed E-state index contributed by atoms with van der Waals surface area (Å²) in [5, 5.41) is 12.3. The molecule has 1 aliphatic heterocycles. The highest BCUT2D eigenvalue weighted by molar-refractivity contribution is 6.05. The second-order valence-corrected chi connectivity index (χ2v) is 8.65. The molecule has 0 aliphatic carbocycles. The van der Waals surface area contributed by atoms with Crippen LogP contribution in [0.4, 0.5) is 17.1 Å². The smallest absolute Gasteiger partial charge is 0.258 e. The van der Waals surface area contributed by atoms with Crippen LogP contribution in [-0.4, -0.2) is 48.3 Å². The van der Waals surface area contributed by atoms with E-state index in [0.717, 1.165) is 54.4 Å². The Morgan fingerprint density at radius 2 is 1.53 bits per heavy atom. The molecule has 2 amide bonds. The second kappa shape index (κ2) is 10.5. The van der Waals surface area contributed by atoms with Crippen molar-refractivity contribution in [3.63, 3.8) is 0 Å². The number of benzene rings is 3. The van der Waals surface area contributed by atoms with Crippen LogP contribution in [-0.2, 0) is 4.74 Å². The quantitative estimate of drug-likeness (QED) is 0.370. The SMILES string of the molecule is Cc1ccc(NC(=O)c2cn[nH]c2)cc1-c1ccc(C(=O)Nc2ccc(N3CCOCC3)cc2)cc1. The van der Waals surface area contributed by atoms with Gasteiger partial charge in [-0.15, -0.1) is 0 Å². The number of hydrogen-bond donors (Lipinski definition) is 3. The number of hydrogen-bond acceptors (Lipinski definition) is 5. The second-order valence-electron chi connectivity index (χ2n) is 8.65. The van der Waals surface area contributed by atoms with Crippen LogP contribution in [0.2, 0.25) is 0 Å². The predicted octanol–water partition coefficient (Wildman–Crippen LogP) is 4.73. The van der Waals surface area contributed by atoms with Crippen molar-refractivity contribution in [2.45, 2.75) is 6.92 Å². The average molecular weight is 482 g/mol. The van der Waals surface area contributed by atoms with Gasteiger partial charge in [0.25, 0.3) is 11.8 Å². The van der Waals surface area contributed by atoms with E-state index in [1.54, 1.807) is 6.20 Å². The predicted molar refractivity (Wildman–Crippen MR) is 141 cm³/mol. The van der Waals surface area contributed by atoms with E-state index in [1.165, 1.54) is 6.20 Å². The fraction of sp³-hybridized carbons (Fsp3) is 0.179. The van der Waals surface area contributed by atoms with Crippen LogP contribution in [0.15, 0.2) is 79.1 Å². The maximum Gasteiger partial charge on any atom is 0.258 e. The molecule has 1 fully saturated rings. The minimum Gasteiger partial charge on any atom is -0.378 e. The molecular weight excluding hydrogens is 454 g/mol. The van der Waals surface area contributed by atoms with E-state index in [-0.39, 0.29) is 11.8 Å². The number of amides is 2. The number of carbonyl (C=O) groups excluding carboxylic acids is 2. The molecule has 1 aromatic heterocycles. The standard InChI is InChI=1S/C28H27N5O3/c1-19-2-7-24(32-28(35)22-17-29-30-18-22)16-26(19)20-3-5-21(6-4-20)27(34)31-23-8-10-25(11-9-23)33-12-14-36-15-13-33/h2-11,16-18H,12-15H2,1H3,(H,29,30)(H,31,34)(H,32,35). The number of rotatable bonds is 6. The molecule has 5 rings (SSSR count). The van der Waals surface area contributed by atoms with Gasteiger partial charge in [0, 0.05) is 41.9 Å². The van der Waals surface area contributed by atoms with Gasteiger partial charge in [-0.25, -0.2) is 0 Å². The molecule has 3 N–H and O–H groups in total. The Morgan fingerprint density at radius 3 is 2.22 bits per heavy atom. The molecule has 3 aromatic carbocycles. The van der Waals surface area contributed by atoms with Gasteiger partial charge in [-0.2, -0.15) is 5.10 Å². The zero-order chi connectivity index (χ0) is 24.9. The normalized spacial score (nSPS) is 13.3. The van der Waals surface area contributed by atoms with Gasteiger partial charge in [0.1, 0.15) is 0 Å². The Bertz CT molecular complexity index is 1340. The largest absolute Gasteiger partial charge is 0.378 e. The van der Waals surface area contributed by atoms with Crippen LogP contribution in [0.25, 0.3) is 11.1 Å². The van der Waals surface area contributed by atoms with E-state index in [1.807, 2.05) is 73.7 Å². The van der Waals surface area contributed by atoms with E-state index in [2.05, 4.69) is 25.7 Å². The molecule has 182 valence electrons. The maximum absolute atomic E-state index is 12.8. The zero-order valence-corrected chi connectivity index (χ0v) is 20.0. The Hall–Kier alpha value is -4.43. The summed E-state index contributed by atoms with van der Waals surface area (Å²) < 4.78 is 5.41. The Morgan fingerprint density at radius 1 is 0.861 bits per heavy atom. The third-order valence-electron chi connectivity index (χ3n) is 6.22. The summed E-state index contributed by atoms with van der Waals surface area (Å²) in [5.41, 5.74) is 6.58. The molecule has 0 atom stereocenters. The van der Waals surface area contributed by atoms with E-state index < -0.39 is 0 Å². The number of nitrogens with zero attached hydrogens (tertiary/aromatic N) is 2. The molecule has 0 spiro atoms. The number of aromatic amines is 1. The van der Waals surface area contributed by atoms with Crippen molar-refractivity contribution in [2.24, 2.45) is 0 Å². The van der Waals surface area contributed by atoms with Gasteiger partial charge < -0.3 is 20.3 Å². The van der Waals surface area contributed by atoms with Crippen molar-refractivity contribution in [3.05, 3.63) is 95.8 Å². The first kappa shape index (κ1) is 23.3. The fourth-order valence-corrected chi connectivity index (χ4v) is 4.17. The van der Waals surface area contributed by atoms with Crippen LogP contribution in [0.3, 0.4) is 0 Å². The Kier molecular flexibility index (Phi) is 6.77. The molecule has 36 heavy (non-hydrogen) atoms. The molecule has 1 saturated heterocycles. The summed E-state index contributed by atoms with van der Waals surface area (Å²) in [7, 11) is 0. The van der Waals surface area contributed by atoms with Crippen molar-refractivity contribution < 1.29 is 14.3 Å². The van der Waals surface area contributed by atoms with Crippen LogP contribution < -0.4 is 15.5 Å². The first-order chi connectivity index (χ1) is 17.6. The van der Waals surface area contributed by atoms with Crippen molar-refractivity contribution in [3.8, 4) is 11.1 Å². The third-order valence-corrected chi connectivity index (χ3v) is 6.22. The van der Waals surface area contributed by atoms with E-state index in [0.29, 0.717) is 16.8 Å². The highest BCUT2D eigenvalue weighted by Crippen LogP contribution is 2.27. The minimum absolute atomic E-state index is 0.168. The monoisotopic (exact) mass is 481 g/mol. The molecule has 1 aliphatic rings. The lowest BCUT2D eigenvalue weighted by Gasteiger charge is -2.28. The van der Waals surface area contributed by atoms with E-state index >= 15 is 0 Å². The molecule has 2 heterocycles. The van der Waals surface area contributed by atoms with E-state index in [4.69, 9.17) is 4.74 Å². The number of morpholine rings is 1. The first-order valence-electron chi connectivity index (χ1n) is 11.8. The summed E-state index contributed by atoms with van der Waals surface area (Å²) in [5.74, 6) is -0.401. The summed E-state index contributed by atoms with van der Waals surface area (Å²) in [6.07, 6.45) is 3.03. The van der Waals surface area contributed by atoms with Crippen LogP contribution in [0.1, 0.15) is 26.3 Å². The lowest BCUT2D eigenvalue weighted by Crippen LogP contribution is -2.36. The van der Waals surface area contributed by atoms with Crippen LogP contribution in [0, 0.1) is 6.92 Å². The van der Waals surface area contributed by atoms with Crippen molar-refractivity contribution in [1.29, 1.82) is 0 Å². The first-order valence-corrected chi connectivity index (χ1v) is 11.8. The number of aromatic nitrogens is 2. The average Bonchev–Trinajstić information content (AvgIpc) is 3.46. The lowest BCUT2D eigenvalue weighted by molar-refractivity contribution is 0.101. The summed E-state index contributed by atoms with van der Waals surface area (Å²) in [6.45, 7) is 5.23. The van der Waals surface area contributed by atoms with Crippen molar-refractivity contribution in [1.82, 2.24) is 10.2 Å². The highest BCUT2D eigenvalue weighted by Gasteiger charge is 2.13. The van der Waals surface area contributed by atoms with Gasteiger partial charge in [0.05, 0.1) is 25.0 Å². The van der Waals surface area contributed by atoms with Gasteiger partial charge in [-0.05, 0) is 72.1 Å². The summed E-state index contributed by atoms with van der Waals surface area (Å²) >= 11 is 0. The molecular formula is C28H27N5O3. The lowest BCUT2D eigenvalue weighted by atomic mass is 9.98. The van der Waals surface area contributed by atoms with Crippen LogP contribution >= 0.6 is 0 Å². The van der Waals surface area contributed by atoms with Crippen LogP contribution in [0.5, 0.6) is 0 Å². The maximum atomic E-state index is 12.8. The fourth-order valence-electron chi connectivity index (χ4n) is 4.17. The van der Waals surface area contributed by atoms with E-state index in [9.17, 15) is 9.59 Å². The summed E-state index contributed by atoms with van der Waals surface area (Å²) in [6, 6.07) is 21.1. The van der Waals surface area contributed by atoms with Gasteiger partial charge in [0.2, 0.25) is 0 Å². The molecule has 0 unspecified atom stereocenters. The Labute approximate surface area is 209 Å². The summed E-state index contributed by atoms with van der Waals surface area (Å²) in [4.78, 5) is 27.4. The van der Waals surface area contributed by atoms with Gasteiger partial charge in [-0.1, -0.05) is 18.2 Å². The van der Waals surface area contributed by atoms with Gasteiger partial charge >= 0.3 is 0 Å². The number of carbonyl (C=O) groups is 2. The third kappa shape index (κ3) is 5.29. The van der Waals surface area contributed by atoms with Crippen molar-refractivity contribution >= 4 is 28.9 Å². The molecule has 4 aromatic rings. The number of ether oxygens (including phenoxy) is 1. The number of H-pyrrole nitrogens is 1. The molecule has 8 heteroatoms. The molecule has 0 saturated carbocycles. The molecule has 0 bridgehead atoms. The zero-order valence-electron chi connectivity index (χ0n) is 20.0. The molecule has 0 radical (unpaired) electrons. The van der Waals surface area contributed by atoms with Gasteiger partial charge in [-0.3, -0.25) is 14.7 Å². The number of nitrogens with one attached hydrogen (secondary N) is 3. The minimum atomic E-state index is -0.233. The van der Waals surface area contributed by atoms with Crippen molar-refractivity contribution in [2.75, 3.05) is 41.8 Å². The topological polar surface area (TPSA) is 99.3 Å². The van der Waals surface area contributed by atoms with Gasteiger partial charge in [0.15, 0.2) is 0 Å². The Balaban J connectivity index is 1.25. The highest BCUT2D eigenvalue weighted by atomic mass is 16.5. The molecule has 8 nitrogen and oxygen atoms in total.